The number of hydrogen-bond acceptors (Lipinski definition) is 4. The van der Waals surface area contributed by atoms with Gasteiger partial charge < -0.3 is 19.9 Å². The van der Waals surface area contributed by atoms with Crippen LogP contribution in [-0.2, 0) is 4.79 Å². The Bertz CT molecular complexity index is 693. The van der Waals surface area contributed by atoms with E-state index in [4.69, 9.17) is 16.3 Å². The highest BCUT2D eigenvalue weighted by atomic mass is 35.5. The Morgan fingerprint density at radius 1 is 1.21 bits per heavy atom. The van der Waals surface area contributed by atoms with E-state index >= 15 is 0 Å². The molecule has 156 valence electrons. The molecule has 0 aromatic heterocycles. The van der Waals surface area contributed by atoms with Gasteiger partial charge in [0.15, 0.2) is 0 Å². The fourth-order valence-electron chi connectivity index (χ4n) is 4.13. The van der Waals surface area contributed by atoms with E-state index < -0.39 is 0 Å². The summed E-state index contributed by atoms with van der Waals surface area (Å²) >= 11 is 6.08. The van der Waals surface area contributed by atoms with Crippen LogP contribution in [0.4, 0.5) is 0 Å². The Morgan fingerprint density at radius 3 is 2.57 bits per heavy atom. The second kappa shape index (κ2) is 10.3. The van der Waals surface area contributed by atoms with Crippen LogP contribution in [0.1, 0.15) is 36.0 Å². The molecule has 0 bridgehead atoms. The minimum atomic E-state index is -0.387. The van der Waals surface area contributed by atoms with Crippen LogP contribution in [0.25, 0.3) is 0 Å². The van der Waals surface area contributed by atoms with Gasteiger partial charge in [-0.15, -0.1) is 12.4 Å². The monoisotopic (exact) mass is 429 g/mol. The highest BCUT2D eigenvalue weighted by Gasteiger charge is 2.38. The summed E-state index contributed by atoms with van der Waals surface area (Å²) in [6.07, 6.45) is 3.57. The number of benzene rings is 1. The number of methoxy groups -OCH3 is 1. The first-order chi connectivity index (χ1) is 13.0. The van der Waals surface area contributed by atoms with Crippen molar-refractivity contribution in [3.63, 3.8) is 0 Å². The van der Waals surface area contributed by atoms with E-state index in [0.717, 1.165) is 38.9 Å². The average molecular weight is 430 g/mol. The van der Waals surface area contributed by atoms with Gasteiger partial charge >= 0.3 is 0 Å². The molecule has 2 saturated heterocycles. The SMILES string of the molecule is CNCC1CCN(C(=O)C2CCCN2C(=O)c2cc(Cl)ccc2OC)CC1.Cl. The molecular formula is C20H29Cl2N3O3. The maximum absolute atomic E-state index is 13.1. The lowest BCUT2D eigenvalue weighted by Gasteiger charge is -2.35. The molecule has 1 unspecified atom stereocenters. The molecule has 2 fully saturated rings. The number of ether oxygens (including phenoxy) is 1. The van der Waals surface area contributed by atoms with Gasteiger partial charge in [0.1, 0.15) is 11.8 Å². The summed E-state index contributed by atoms with van der Waals surface area (Å²) in [6.45, 7) is 3.11. The van der Waals surface area contributed by atoms with E-state index in [1.165, 1.54) is 7.11 Å². The minimum absolute atomic E-state index is 0. The number of carbonyl (C=O) groups excluding carboxylic acids is 2. The summed E-state index contributed by atoms with van der Waals surface area (Å²) < 4.78 is 5.32. The van der Waals surface area contributed by atoms with Crippen LogP contribution in [0.5, 0.6) is 5.75 Å². The van der Waals surface area contributed by atoms with Gasteiger partial charge in [-0.25, -0.2) is 0 Å². The summed E-state index contributed by atoms with van der Waals surface area (Å²) in [5.41, 5.74) is 0.414. The third-order valence-corrected chi connectivity index (χ3v) is 5.84. The molecular weight excluding hydrogens is 401 g/mol. The maximum atomic E-state index is 13.1. The van der Waals surface area contributed by atoms with Crippen molar-refractivity contribution in [1.82, 2.24) is 15.1 Å². The second-order valence-corrected chi connectivity index (χ2v) is 7.76. The summed E-state index contributed by atoms with van der Waals surface area (Å²) in [4.78, 5) is 29.8. The predicted molar refractivity (Wildman–Crippen MR) is 113 cm³/mol. The molecule has 3 rings (SSSR count). The highest BCUT2D eigenvalue weighted by molar-refractivity contribution is 6.31. The number of carbonyl (C=O) groups is 2. The van der Waals surface area contributed by atoms with Gasteiger partial charge in [-0.2, -0.15) is 0 Å². The van der Waals surface area contributed by atoms with E-state index in [9.17, 15) is 9.59 Å². The van der Waals surface area contributed by atoms with Crippen LogP contribution in [0.2, 0.25) is 5.02 Å². The molecule has 2 heterocycles. The van der Waals surface area contributed by atoms with Crippen molar-refractivity contribution in [3.05, 3.63) is 28.8 Å². The third kappa shape index (κ3) is 4.91. The Balaban J connectivity index is 0.00000280. The van der Waals surface area contributed by atoms with E-state index in [1.54, 1.807) is 23.1 Å². The number of nitrogens with zero attached hydrogens (tertiary/aromatic N) is 2. The smallest absolute Gasteiger partial charge is 0.258 e. The van der Waals surface area contributed by atoms with Crippen molar-refractivity contribution in [2.75, 3.05) is 40.3 Å². The lowest BCUT2D eigenvalue weighted by Crippen LogP contribution is -2.50. The zero-order valence-corrected chi connectivity index (χ0v) is 18.0. The normalized spacial score (nSPS) is 20.0. The first kappa shape index (κ1) is 22.8. The molecule has 6 nitrogen and oxygen atoms in total. The number of rotatable bonds is 5. The number of amides is 2. The highest BCUT2D eigenvalue weighted by Crippen LogP contribution is 2.29. The molecule has 0 spiro atoms. The fourth-order valence-corrected chi connectivity index (χ4v) is 4.30. The van der Waals surface area contributed by atoms with Gasteiger partial charge in [0.05, 0.1) is 12.7 Å². The second-order valence-electron chi connectivity index (χ2n) is 7.33. The van der Waals surface area contributed by atoms with Crippen molar-refractivity contribution < 1.29 is 14.3 Å². The van der Waals surface area contributed by atoms with Gasteiger partial charge in [-0.05, 0) is 63.4 Å². The van der Waals surface area contributed by atoms with Crippen LogP contribution >= 0.6 is 24.0 Å². The topological polar surface area (TPSA) is 61.9 Å². The number of likely N-dealkylation sites (tertiary alicyclic amines) is 2. The number of hydrogen-bond donors (Lipinski definition) is 1. The van der Waals surface area contributed by atoms with Gasteiger partial charge in [0.25, 0.3) is 5.91 Å². The van der Waals surface area contributed by atoms with Crippen molar-refractivity contribution in [2.45, 2.75) is 31.7 Å². The molecule has 2 amide bonds. The van der Waals surface area contributed by atoms with Crippen LogP contribution in [-0.4, -0.2) is 68.0 Å². The molecule has 1 aromatic rings. The molecule has 28 heavy (non-hydrogen) atoms. The minimum Gasteiger partial charge on any atom is -0.496 e. The van der Waals surface area contributed by atoms with Crippen molar-refractivity contribution in [1.29, 1.82) is 0 Å². The third-order valence-electron chi connectivity index (χ3n) is 5.61. The zero-order valence-electron chi connectivity index (χ0n) is 16.4. The predicted octanol–water partition coefficient (Wildman–Crippen LogP) is 2.83. The van der Waals surface area contributed by atoms with Crippen molar-refractivity contribution in [3.8, 4) is 5.75 Å². The summed E-state index contributed by atoms with van der Waals surface area (Å²) in [7, 11) is 3.49. The van der Waals surface area contributed by atoms with Gasteiger partial charge in [0, 0.05) is 24.7 Å². The number of piperidine rings is 1. The number of halogens is 2. The molecule has 0 saturated carbocycles. The molecule has 1 N–H and O–H groups in total. The molecule has 0 aliphatic carbocycles. The largest absolute Gasteiger partial charge is 0.496 e. The van der Waals surface area contributed by atoms with Crippen LogP contribution in [0, 0.1) is 5.92 Å². The Kier molecular flexibility index (Phi) is 8.40. The quantitative estimate of drug-likeness (QED) is 0.781. The molecule has 8 heteroatoms. The first-order valence-corrected chi connectivity index (χ1v) is 10.0. The van der Waals surface area contributed by atoms with E-state index in [2.05, 4.69) is 5.32 Å². The lowest BCUT2D eigenvalue weighted by molar-refractivity contribution is -0.136. The first-order valence-electron chi connectivity index (χ1n) is 9.63. The van der Waals surface area contributed by atoms with E-state index in [-0.39, 0.29) is 30.3 Å². The summed E-state index contributed by atoms with van der Waals surface area (Å²) in [5, 5.41) is 3.69. The van der Waals surface area contributed by atoms with E-state index in [0.29, 0.717) is 35.2 Å². The molecule has 2 aliphatic rings. The molecule has 1 atom stereocenters. The summed E-state index contributed by atoms with van der Waals surface area (Å²) in [5.74, 6) is 0.992. The van der Waals surface area contributed by atoms with Gasteiger partial charge in [0.2, 0.25) is 5.91 Å². The Hall–Kier alpha value is -1.50. The van der Waals surface area contributed by atoms with Crippen LogP contribution in [0.15, 0.2) is 18.2 Å². The van der Waals surface area contributed by atoms with Gasteiger partial charge in [-0.3, -0.25) is 9.59 Å². The fraction of sp³-hybridized carbons (Fsp3) is 0.600. The number of nitrogens with one attached hydrogen (secondary N) is 1. The van der Waals surface area contributed by atoms with Gasteiger partial charge in [-0.1, -0.05) is 11.6 Å². The van der Waals surface area contributed by atoms with Crippen molar-refractivity contribution in [2.24, 2.45) is 5.92 Å². The standard InChI is InChI=1S/C20H28ClN3O3.ClH/c1-22-13-14-7-10-23(11-8-14)20(26)17-4-3-9-24(17)19(25)16-12-15(21)5-6-18(16)27-2;/h5-6,12,14,17,22H,3-4,7-11,13H2,1-2H3;1H. The molecule has 2 aliphatic heterocycles. The van der Waals surface area contributed by atoms with Crippen LogP contribution < -0.4 is 10.1 Å². The average Bonchev–Trinajstić information content (AvgIpc) is 3.17. The van der Waals surface area contributed by atoms with E-state index in [1.807, 2.05) is 11.9 Å². The molecule has 1 aromatic carbocycles. The van der Waals surface area contributed by atoms with Crippen LogP contribution in [0.3, 0.4) is 0 Å². The maximum Gasteiger partial charge on any atom is 0.258 e. The zero-order chi connectivity index (χ0) is 19.4. The van der Waals surface area contributed by atoms with Crippen molar-refractivity contribution >= 4 is 35.8 Å². The Morgan fingerprint density at radius 2 is 1.93 bits per heavy atom. The lowest BCUT2D eigenvalue weighted by atomic mass is 9.96. The molecule has 0 radical (unpaired) electrons. The summed E-state index contributed by atoms with van der Waals surface area (Å²) in [6, 6.07) is 4.61. The Labute approximate surface area is 177 Å².